The number of amides is 2. The van der Waals surface area contributed by atoms with Gasteiger partial charge in [0, 0.05) is 31.2 Å². The van der Waals surface area contributed by atoms with Gasteiger partial charge in [-0.15, -0.1) is 0 Å². The third-order valence-corrected chi connectivity index (χ3v) is 4.50. The molecule has 2 amide bonds. The molecule has 1 aromatic carbocycles. The van der Waals surface area contributed by atoms with Crippen molar-refractivity contribution in [1.82, 2.24) is 10.2 Å². The van der Waals surface area contributed by atoms with Gasteiger partial charge >= 0.3 is 0 Å². The van der Waals surface area contributed by atoms with E-state index in [1.165, 1.54) is 0 Å². The number of carbonyl (C=O) groups excluding carboxylic acids is 2. The number of nitrogens with one attached hydrogen (secondary N) is 2. The molecule has 2 aliphatic heterocycles. The first-order valence-corrected chi connectivity index (χ1v) is 7.59. The van der Waals surface area contributed by atoms with Crippen LogP contribution >= 0.6 is 0 Å². The first-order valence-electron chi connectivity index (χ1n) is 7.59. The van der Waals surface area contributed by atoms with Crippen LogP contribution in [-0.4, -0.2) is 54.1 Å². The number of aliphatic hydroxyl groups is 1. The third-order valence-electron chi connectivity index (χ3n) is 4.50. The van der Waals surface area contributed by atoms with E-state index in [0.29, 0.717) is 19.5 Å². The van der Waals surface area contributed by atoms with Gasteiger partial charge in [0.1, 0.15) is 0 Å². The Morgan fingerprint density at radius 1 is 1.45 bits per heavy atom. The second-order valence-corrected chi connectivity index (χ2v) is 6.12. The number of carbonyl (C=O) groups is 2. The summed E-state index contributed by atoms with van der Waals surface area (Å²) in [5.41, 5.74) is 1.68. The van der Waals surface area contributed by atoms with Crippen LogP contribution in [0, 0.1) is 0 Å². The number of likely N-dealkylation sites (tertiary alicyclic amines) is 1. The summed E-state index contributed by atoms with van der Waals surface area (Å²) < 4.78 is 0. The minimum absolute atomic E-state index is 0.121. The van der Waals surface area contributed by atoms with Crippen LogP contribution in [0.1, 0.15) is 24.3 Å². The van der Waals surface area contributed by atoms with E-state index in [-0.39, 0.29) is 30.4 Å². The quantitative estimate of drug-likeness (QED) is 0.747. The molecule has 2 aliphatic rings. The number of nitrogens with zero attached hydrogens (tertiary/aromatic N) is 1. The number of aliphatic hydroxyl groups excluding tert-OH is 1. The summed E-state index contributed by atoms with van der Waals surface area (Å²) in [5.74, 6) is -0.667. The number of fused-ring (bicyclic) bond motifs is 1. The molecule has 6 heteroatoms. The summed E-state index contributed by atoms with van der Waals surface area (Å²) in [6, 6.07) is 7.62. The zero-order valence-corrected chi connectivity index (χ0v) is 12.6. The number of hydrogen-bond acceptors (Lipinski definition) is 4. The molecule has 0 radical (unpaired) electrons. The van der Waals surface area contributed by atoms with Crippen molar-refractivity contribution in [3.63, 3.8) is 0 Å². The van der Waals surface area contributed by atoms with E-state index in [9.17, 15) is 14.7 Å². The van der Waals surface area contributed by atoms with Crippen molar-refractivity contribution >= 4 is 17.5 Å². The zero-order valence-electron chi connectivity index (χ0n) is 12.6. The summed E-state index contributed by atoms with van der Waals surface area (Å²) in [6.07, 6.45) is 0.505. The summed E-state index contributed by atoms with van der Waals surface area (Å²) in [7, 11) is 1.94. The van der Waals surface area contributed by atoms with E-state index in [4.69, 9.17) is 0 Å². The lowest BCUT2D eigenvalue weighted by Crippen LogP contribution is -2.38. The lowest BCUT2D eigenvalue weighted by molar-refractivity contribution is -0.125. The average Bonchev–Trinajstić information content (AvgIpc) is 2.96. The van der Waals surface area contributed by atoms with Crippen LogP contribution in [0.25, 0.3) is 0 Å². The lowest BCUT2D eigenvalue weighted by Gasteiger charge is -2.19. The molecule has 1 fully saturated rings. The highest BCUT2D eigenvalue weighted by molar-refractivity contribution is 6.04. The molecule has 1 saturated heterocycles. The van der Waals surface area contributed by atoms with E-state index in [2.05, 4.69) is 10.6 Å². The molecule has 2 heterocycles. The van der Waals surface area contributed by atoms with Crippen LogP contribution in [0.15, 0.2) is 24.3 Å². The van der Waals surface area contributed by atoms with Crippen molar-refractivity contribution in [3.8, 4) is 0 Å². The zero-order chi connectivity index (χ0) is 15.7. The van der Waals surface area contributed by atoms with Crippen molar-refractivity contribution in [2.75, 3.05) is 25.5 Å². The van der Waals surface area contributed by atoms with Crippen LogP contribution in [-0.2, 0) is 9.59 Å². The highest BCUT2D eigenvalue weighted by atomic mass is 16.3. The molecule has 3 atom stereocenters. The summed E-state index contributed by atoms with van der Waals surface area (Å²) in [5, 5.41) is 15.3. The van der Waals surface area contributed by atoms with E-state index in [1.54, 1.807) is 0 Å². The highest BCUT2D eigenvalue weighted by Crippen LogP contribution is 2.34. The molecule has 0 aliphatic carbocycles. The van der Waals surface area contributed by atoms with Crippen molar-refractivity contribution in [1.29, 1.82) is 0 Å². The minimum Gasteiger partial charge on any atom is -0.392 e. The Bertz CT molecular complexity index is 590. The van der Waals surface area contributed by atoms with Crippen LogP contribution in [0.4, 0.5) is 5.69 Å². The topological polar surface area (TPSA) is 81.7 Å². The van der Waals surface area contributed by atoms with Crippen LogP contribution in [0.5, 0.6) is 0 Å². The van der Waals surface area contributed by atoms with Crippen LogP contribution < -0.4 is 10.6 Å². The SMILES string of the molecule is CN1CC(O)CC1CNC(=O)CC1C(=O)Nc2ccccc21. The maximum absolute atomic E-state index is 12.1. The number of rotatable bonds is 4. The standard InChI is InChI=1S/C16H21N3O3/c1-19-9-11(20)6-10(19)8-17-15(21)7-13-12-4-2-3-5-14(12)18-16(13)22/h2-5,10-11,13,20H,6-9H2,1H3,(H,17,21)(H,18,22). The average molecular weight is 303 g/mol. The molecule has 22 heavy (non-hydrogen) atoms. The summed E-state index contributed by atoms with van der Waals surface area (Å²) in [4.78, 5) is 26.2. The molecular formula is C16H21N3O3. The Morgan fingerprint density at radius 2 is 2.23 bits per heavy atom. The maximum atomic E-state index is 12.1. The molecule has 0 spiro atoms. The van der Waals surface area contributed by atoms with E-state index >= 15 is 0 Å². The van der Waals surface area contributed by atoms with Gasteiger partial charge in [0.2, 0.25) is 11.8 Å². The van der Waals surface area contributed by atoms with Gasteiger partial charge in [-0.2, -0.15) is 0 Å². The van der Waals surface area contributed by atoms with Gasteiger partial charge in [-0.25, -0.2) is 0 Å². The van der Waals surface area contributed by atoms with Gasteiger partial charge in [-0.3, -0.25) is 14.5 Å². The molecule has 3 N–H and O–H groups in total. The largest absolute Gasteiger partial charge is 0.392 e. The first kappa shape index (κ1) is 15.0. The number of β-amino-alcohol motifs (C(OH)–C–C–N with tert-alkyl or cyclic N) is 1. The maximum Gasteiger partial charge on any atom is 0.232 e. The van der Waals surface area contributed by atoms with Gasteiger partial charge in [-0.05, 0) is 25.1 Å². The number of benzene rings is 1. The minimum atomic E-state index is -0.414. The summed E-state index contributed by atoms with van der Waals surface area (Å²) >= 11 is 0. The molecular weight excluding hydrogens is 282 g/mol. The fourth-order valence-corrected chi connectivity index (χ4v) is 3.26. The van der Waals surface area contributed by atoms with Gasteiger partial charge in [0.25, 0.3) is 0 Å². The summed E-state index contributed by atoms with van der Waals surface area (Å²) in [6.45, 7) is 1.14. The van der Waals surface area contributed by atoms with Crippen molar-refractivity contribution in [2.45, 2.75) is 30.9 Å². The second-order valence-electron chi connectivity index (χ2n) is 6.12. The van der Waals surface area contributed by atoms with E-state index in [1.807, 2.05) is 36.2 Å². The van der Waals surface area contributed by atoms with Crippen molar-refractivity contribution < 1.29 is 14.7 Å². The van der Waals surface area contributed by atoms with Gasteiger partial charge in [0.05, 0.1) is 12.0 Å². The molecule has 6 nitrogen and oxygen atoms in total. The van der Waals surface area contributed by atoms with Gasteiger partial charge in [0.15, 0.2) is 0 Å². The Morgan fingerprint density at radius 3 is 2.95 bits per heavy atom. The van der Waals surface area contributed by atoms with Gasteiger partial charge in [-0.1, -0.05) is 18.2 Å². The Balaban J connectivity index is 1.55. The molecule has 0 saturated carbocycles. The van der Waals surface area contributed by atoms with Gasteiger partial charge < -0.3 is 15.7 Å². The fourth-order valence-electron chi connectivity index (χ4n) is 3.26. The first-order chi connectivity index (χ1) is 10.5. The number of hydrogen-bond donors (Lipinski definition) is 3. The molecule has 0 aromatic heterocycles. The Labute approximate surface area is 129 Å². The second kappa shape index (κ2) is 6.06. The predicted octanol–water partition coefficient (Wildman–Crippen LogP) is 0.294. The molecule has 118 valence electrons. The van der Waals surface area contributed by atoms with Crippen molar-refractivity contribution in [2.24, 2.45) is 0 Å². The monoisotopic (exact) mass is 303 g/mol. The normalized spacial score (nSPS) is 27.5. The highest BCUT2D eigenvalue weighted by Gasteiger charge is 2.32. The van der Waals surface area contributed by atoms with E-state index in [0.717, 1.165) is 11.3 Å². The van der Waals surface area contributed by atoms with Crippen molar-refractivity contribution in [3.05, 3.63) is 29.8 Å². The smallest absolute Gasteiger partial charge is 0.232 e. The van der Waals surface area contributed by atoms with Crippen LogP contribution in [0.2, 0.25) is 0 Å². The molecule has 3 unspecified atom stereocenters. The van der Waals surface area contributed by atoms with E-state index < -0.39 is 5.92 Å². The Hall–Kier alpha value is -1.92. The lowest BCUT2D eigenvalue weighted by atomic mass is 9.97. The number of para-hydroxylation sites is 1. The number of likely N-dealkylation sites (N-methyl/N-ethyl adjacent to an activating group) is 1. The predicted molar refractivity (Wildman–Crippen MR) is 82.5 cm³/mol. The molecule has 1 aromatic rings. The third kappa shape index (κ3) is 2.98. The number of anilines is 1. The molecule has 0 bridgehead atoms. The Kier molecular flexibility index (Phi) is 4.13. The van der Waals surface area contributed by atoms with Crippen LogP contribution in [0.3, 0.4) is 0 Å². The fraction of sp³-hybridized carbons (Fsp3) is 0.500. The molecule has 3 rings (SSSR count).